The lowest BCUT2D eigenvalue weighted by atomic mass is 9.88. The number of sulfone groups is 1. The molecule has 1 atom stereocenters. The van der Waals surface area contributed by atoms with E-state index in [1.807, 2.05) is 11.9 Å². The topological polar surface area (TPSA) is 141 Å². The van der Waals surface area contributed by atoms with Gasteiger partial charge in [-0.05, 0) is 87.8 Å². The van der Waals surface area contributed by atoms with E-state index in [0.29, 0.717) is 49.0 Å². The molecule has 3 aromatic rings. The van der Waals surface area contributed by atoms with Gasteiger partial charge in [0.1, 0.15) is 15.9 Å². The van der Waals surface area contributed by atoms with Crippen LogP contribution in [0.5, 0.6) is 0 Å². The second-order valence-electron chi connectivity index (χ2n) is 10.9. The van der Waals surface area contributed by atoms with Gasteiger partial charge in [-0.25, -0.2) is 27.7 Å². The Kier molecular flexibility index (Phi) is 9.89. The van der Waals surface area contributed by atoms with Crippen LogP contribution in [0.1, 0.15) is 48.1 Å². The number of benzene rings is 2. The van der Waals surface area contributed by atoms with Crippen LogP contribution in [-0.4, -0.2) is 73.3 Å². The number of esters is 1. The fourth-order valence-corrected chi connectivity index (χ4v) is 6.14. The third kappa shape index (κ3) is 7.46. The number of hydrogen-bond donors (Lipinski definition) is 1. The van der Waals surface area contributed by atoms with E-state index in [1.165, 1.54) is 41.9 Å². The van der Waals surface area contributed by atoms with Crippen LogP contribution in [0.3, 0.4) is 0 Å². The zero-order valence-corrected chi connectivity index (χ0v) is 26.0. The molecule has 11 nitrogen and oxygen atoms in total. The number of carbonyl (C=O) groups is 1. The minimum atomic E-state index is -4.64. The molecule has 1 unspecified atom stereocenters. The number of aromatic amines is 1. The molecule has 0 saturated heterocycles. The van der Waals surface area contributed by atoms with Crippen LogP contribution in [0, 0.1) is 11.3 Å². The van der Waals surface area contributed by atoms with Crippen molar-refractivity contribution in [3.63, 3.8) is 0 Å². The Bertz CT molecular complexity index is 1820. The molecule has 1 aromatic heterocycles. The number of H-pyrrole nitrogens is 1. The van der Waals surface area contributed by atoms with E-state index in [9.17, 15) is 36.4 Å². The van der Waals surface area contributed by atoms with Gasteiger partial charge in [0.2, 0.25) is 5.95 Å². The average Bonchev–Trinajstić information content (AvgIpc) is 3.35. The molecule has 15 heteroatoms. The summed E-state index contributed by atoms with van der Waals surface area (Å²) in [4.78, 5) is 30.0. The van der Waals surface area contributed by atoms with Crippen LogP contribution in [0.2, 0.25) is 0 Å². The summed E-state index contributed by atoms with van der Waals surface area (Å²) in [5, 5.41) is 16.1. The van der Waals surface area contributed by atoms with Gasteiger partial charge in [-0.15, -0.1) is 5.10 Å². The number of aromatic nitrogens is 3. The highest BCUT2D eigenvalue weighted by Crippen LogP contribution is 2.43. The number of rotatable bonds is 11. The summed E-state index contributed by atoms with van der Waals surface area (Å²) in [6.45, 7) is 2.70. The van der Waals surface area contributed by atoms with Crippen LogP contribution < -0.4 is 10.6 Å². The van der Waals surface area contributed by atoms with E-state index < -0.39 is 39.3 Å². The lowest BCUT2D eigenvalue weighted by molar-refractivity contribution is -0.138. The van der Waals surface area contributed by atoms with Gasteiger partial charge in [-0.1, -0.05) is 12.1 Å². The monoisotopic (exact) mass is 646 g/mol. The number of methoxy groups -OCH3 is 1. The summed E-state index contributed by atoms with van der Waals surface area (Å²) < 4.78 is 70.1. The van der Waals surface area contributed by atoms with Crippen LogP contribution in [0.15, 0.2) is 58.5 Å². The molecule has 1 N–H and O–H groups in total. The molecule has 0 aliphatic carbocycles. The molecule has 2 aromatic carbocycles. The van der Waals surface area contributed by atoms with Gasteiger partial charge in [-0.3, -0.25) is 4.90 Å². The summed E-state index contributed by atoms with van der Waals surface area (Å²) in [5.41, 5.74) is 0.161. The van der Waals surface area contributed by atoms with E-state index in [0.717, 1.165) is 12.1 Å². The zero-order valence-electron chi connectivity index (χ0n) is 25.2. The lowest BCUT2D eigenvalue weighted by Crippen LogP contribution is -2.38. The average molecular weight is 647 g/mol. The molecule has 2 heterocycles. The molecule has 240 valence electrons. The Labute approximate surface area is 258 Å². The normalized spacial score (nSPS) is 15.3. The van der Waals surface area contributed by atoms with Gasteiger partial charge in [0.15, 0.2) is 0 Å². The fourth-order valence-electron chi connectivity index (χ4n) is 5.49. The molecule has 45 heavy (non-hydrogen) atoms. The largest absolute Gasteiger partial charge is 0.466 e. The fraction of sp³-hybridized carbons (Fsp3) is 0.400. The summed E-state index contributed by atoms with van der Waals surface area (Å²) in [6, 6.07) is 10.4. The number of allylic oxidation sites excluding steroid dienone is 1. The smallest absolute Gasteiger partial charge is 0.416 e. The third-order valence-corrected chi connectivity index (χ3v) is 8.62. The van der Waals surface area contributed by atoms with Crippen LogP contribution in [0.4, 0.5) is 24.8 Å². The van der Waals surface area contributed by atoms with Crippen molar-refractivity contribution in [2.45, 2.75) is 38.4 Å². The first-order valence-electron chi connectivity index (χ1n) is 14.0. The molecule has 0 saturated carbocycles. The van der Waals surface area contributed by atoms with Crippen molar-refractivity contribution in [3.8, 4) is 6.07 Å². The number of nitrogens with one attached hydrogen (secondary N) is 1. The third-order valence-electron chi connectivity index (χ3n) is 7.59. The van der Waals surface area contributed by atoms with Crippen molar-refractivity contribution >= 4 is 27.4 Å². The molecule has 0 radical (unpaired) electrons. The Hall–Kier alpha value is -4.42. The van der Waals surface area contributed by atoms with E-state index in [1.54, 1.807) is 18.2 Å². The second kappa shape index (κ2) is 13.3. The highest BCUT2D eigenvalue weighted by molar-refractivity contribution is 7.90. The number of halogens is 3. The maximum Gasteiger partial charge on any atom is 0.416 e. The molecular weight excluding hydrogens is 613 g/mol. The number of aryl methyl sites for hydroxylation is 1. The summed E-state index contributed by atoms with van der Waals surface area (Å²) in [6.07, 6.45) is -1.93. The lowest BCUT2D eigenvalue weighted by Gasteiger charge is -2.36. The summed E-state index contributed by atoms with van der Waals surface area (Å²) in [7, 11) is -0.0300. The number of fused-ring (bicyclic) bond motifs is 1. The maximum absolute atomic E-state index is 13.6. The summed E-state index contributed by atoms with van der Waals surface area (Å²) >= 11 is 0. The number of anilines is 2. The molecule has 1 aliphatic rings. The number of ether oxygens (including phenoxy) is 1. The Morgan fingerprint density at radius 1 is 1.18 bits per heavy atom. The molecule has 0 bridgehead atoms. The first-order chi connectivity index (χ1) is 21.2. The second-order valence-corrected chi connectivity index (χ2v) is 13.2. The van der Waals surface area contributed by atoms with Gasteiger partial charge in [0.05, 0.1) is 35.6 Å². The molecular formula is C30H33F3N6O5S. The van der Waals surface area contributed by atoms with Gasteiger partial charge < -0.3 is 9.64 Å². The van der Waals surface area contributed by atoms with Crippen molar-refractivity contribution in [1.82, 2.24) is 19.7 Å². The maximum atomic E-state index is 13.6. The van der Waals surface area contributed by atoms with Gasteiger partial charge in [0.25, 0.3) is 0 Å². The van der Waals surface area contributed by atoms with Gasteiger partial charge in [-0.2, -0.15) is 18.4 Å². The van der Waals surface area contributed by atoms with Crippen molar-refractivity contribution in [2.24, 2.45) is 0 Å². The molecule has 0 fully saturated rings. The number of nitriles is 1. The van der Waals surface area contributed by atoms with E-state index in [4.69, 9.17) is 4.74 Å². The molecule has 0 amide bonds. The Morgan fingerprint density at radius 3 is 2.53 bits per heavy atom. The molecule has 0 spiro atoms. The number of alkyl halides is 3. The Balaban J connectivity index is 1.78. The van der Waals surface area contributed by atoms with Crippen LogP contribution in [-0.2, 0) is 32.0 Å². The highest BCUT2D eigenvalue weighted by Gasteiger charge is 2.41. The van der Waals surface area contributed by atoms with Crippen molar-refractivity contribution in [1.29, 1.82) is 5.26 Å². The SMILES string of the molecule is COC(=O)C1=C(C)N(c2cccc(C(F)(F)F)c2)c2n[nH]c(=O)n2C1c1ccc(C#N)cc1CCCN(C)CCCS(C)(=O)=O. The quantitative estimate of drug-likeness (QED) is 0.307. The highest BCUT2D eigenvalue weighted by atomic mass is 32.2. The molecule has 1 aliphatic heterocycles. The first kappa shape index (κ1) is 33.5. The number of nitrogens with zero attached hydrogens (tertiary/aromatic N) is 5. The van der Waals surface area contributed by atoms with Crippen molar-refractivity contribution in [3.05, 3.63) is 86.5 Å². The minimum Gasteiger partial charge on any atom is -0.466 e. The van der Waals surface area contributed by atoms with E-state index >= 15 is 0 Å². The van der Waals surface area contributed by atoms with Crippen molar-refractivity contribution in [2.75, 3.05) is 44.2 Å². The van der Waals surface area contributed by atoms with E-state index in [-0.39, 0.29) is 28.7 Å². The zero-order chi connectivity index (χ0) is 33.1. The van der Waals surface area contributed by atoms with E-state index in [2.05, 4.69) is 16.3 Å². The Morgan fingerprint density at radius 2 is 1.89 bits per heavy atom. The molecule has 4 rings (SSSR count). The first-order valence-corrected chi connectivity index (χ1v) is 16.0. The van der Waals surface area contributed by atoms with Crippen LogP contribution >= 0.6 is 0 Å². The number of hydrogen-bond acceptors (Lipinski definition) is 9. The predicted octanol–water partition coefficient (Wildman–Crippen LogP) is 3.95. The summed E-state index contributed by atoms with van der Waals surface area (Å²) in [5.74, 6) is -0.751. The van der Waals surface area contributed by atoms with Gasteiger partial charge in [0, 0.05) is 17.6 Å². The van der Waals surface area contributed by atoms with Crippen LogP contribution in [0.25, 0.3) is 0 Å². The predicted molar refractivity (Wildman–Crippen MR) is 161 cm³/mol. The minimum absolute atomic E-state index is 0.00904. The standard InChI is InChI=1S/C30H33F3N6O5S/c1-19-25(27(40)44-3)26(39-28(35-36-29(39)41)38(19)23-10-5-9-22(17-23)30(31,32)33)24-12-11-20(18-34)16-21(24)8-6-13-37(2)14-7-15-45(4,42)43/h5,9-12,16-17,26H,6-8,13-15H2,1-4H3,(H,36,41). The van der Waals surface area contributed by atoms with Crippen molar-refractivity contribution < 1.29 is 31.1 Å². The number of carbonyl (C=O) groups excluding carboxylic acids is 1. The van der Waals surface area contributed by atoms with Gasteiger partial charge >= 0.3 is 17.8 Å².